The van der Waals surface area contributed by atoms with E-state index in [0.717, 1.165) is 50.9 Å². The third-order valence-corrected chi connectivity index (χ3v) is 7.76. The van der Waals surface area contributed by atoms with E-state index in [0.29, 0.717) is 18.1 Å². The summed E-state index contributed by atoms with van der Waals surface area (Å²) in [5.41, 5.74) is 2.51. The van der Waals surface area contributed by atoms with Gasteiger partial charge in [-0.05, 0) is 75.1 Å². The molecule has 0 aromatic heterocycles. The molecule has 1 saturated heterocycles. The summed E-state index contributed by atoms with van der Waals surface area (Å²) in [6.45, 7) is 7.29. The number of carbonyl (C=O) groups is 1. The van der Waals surface area contributed by atoms with Crippen molar-refractivity contribution in [3.63, 3.8) is 0 Å². The minimum Gasteiger partial charge on any atom is -0.389 e. The fraction of sp³-hybridized carbons (Fsp3) is 0.519. The van der Waals surface area contributed by atoms with Gasteiger partial charge >= 0.3 is 0 Å². The third kappa shape index (κ3) is 5.37. The van der Waals surface area contributed by atoms with Crippen LogP contribution in [-0.4, -0.2) is 47.7 Å². The van der Waals surface area contributed by atoms with Crippen LogP contribution in [0.25, 0.3) is 0 Å². The van der Waals surface area contributed by atoms with Crippen molar-refractivity contribution in [3.8, 4) is 0 Å². The van der Waals surface area contributed by atoms with Crippen molar-refractivity contribution in [2.24, 2.45) is 5.92 Å². The van der Waals surface area contributed by atoms with Crippen LogP contribution in [-0.2, 0) is 4.79 Å². The standard InChI is InChI=1S/C27H36ClN3O2/c1-3-30(4-2)23-14-8-20(9-15-23)26-24-7-5-6-16-27(24,33)17-18-31(26)19-25(32)29-22-12-10-21(28)11-13-22/h8-15,24,26,33H,3-7,16-19H2,1-2H3,(H,29,32)/t24-,26-,27+/m1/s1. The lowest BCUT2D eigenvalue weighted by Gasteiger charge is -2.52. The number of piperidine rings is 1. The van der Waals surface area contributed by atoms with Gasteiger partial charge in [-0.25, -0.2) is 0 Å². The molecule has 3 atom stereocenters. The molecule has 2 aromatic carbocycles. The van der Waals surface area contributed by atoms with E-state index in [1.807, 2.05) is 12.1 Å². The molecule has 2 fully saturated rings. The predicted molar refractivity (Wildman–Crippen MR) is 136 cm³/mol. The lowest BCUT2D eigenvalue weighted by atomic mass is 9.66. The minimum atomic E-state index is -0.635. The topological polar surface area (TPSA) is 55.8 Å². The molecule has 1 saturated carbocycles. The van der Waals surface area contributed by atoms with Crippen LogP contribution in [0.2, 0.25) is 5.02 Å². The Morgan fingerprint density at radius 3 is 2.45 bits per heavy atom. The van der Waals surface area contributed by atoms with E-state index in [4.69, 9.17) is 11.6 Å². The summed E-state index contributed by atoms with van der Waals surface area (Å²) in [5, 5.41) is 15.2. The number of nitrogens with zero attached hydrogens (tertiary/aromatic N) is 2. The zero-order valence-corrected chi connectivity index (χ0v) is 20.5. The first kappa shape index (κ1) is 24.1. The Kier molecular flexibility index (Phi) is 7.62. The maximum atomic E-state index is 12.9. The third-order valence-electron chi connectivity index (χ3n) is 7.51. The van der Waals surface area contributed by atoms with E-state index in [1.165, 1.54) is 11.3 Å². The van der Waals surface area contributed by atoms with E-state index in [2.05, 4.69) is 53.2 Å². The highest BCUT2D eigenvalue weighted by atomic mass is 35.5. The van der Waals surface area contributed by atoms with Gasteiger partial charge in [-0.1, -0.05) is 36.6 Å². The fourth-order valence-corrected chi connectivity index (χ4v) is 5.88. The summed E-state index contributed by atoms with van der Waals surface area (Å²) in [4.78, 5) is 17.5. The number of benzene rings is 2. The van der Waals surface area contributed by atoms with Gasteiger partial charge in [0.05, 0.1) is 12.1 Å². The summed E-state index contributed by atoms with van der Waals surface area (Å²) in [7, 11) is 0. The van der Waals surface area contributed by atoms with E-state index in [1.54, 1.807) is 12.1 Å². The van der Waals surface area contributed by atoms with Crippen LogP contribution >= 0.6 is 11.6 Å². The second kappa shape index (κ2) is 10.5. The number of hydrogen-bond acceptors (Lipinski definition) is 4. The molecule has 0 spiro atoms. The number of carbonyl (C=O) groups excluding carboxylic acids is 1. The molecule has 178 valence electrons. The van der Waals surface area contributed by atoms with Gasteiger partial charge in [-0.3, -0.25) is 9.69 Å². The molecule has 1 amide bonds. The second-order valence-corrected chi connectivity index (χ2v) is 9.88. The summed E-state index contributed by atoms with van der Waals surface area (Å²) in [6.07, 6.45) is 4.79. The number of fused-ring (bicyclic) bond motifs is 1. The molecule has 2 N–H and O–H groups in total. The van der Waals surface area contributed by atoms with Gasteiger partial charge in [-0.2, -0.15) is 0 Å². The molecule has 4 rings (SSSR count). The largest absolute Gasteiger partial charge is 0.389 e. The van der Waals surface area contributed by atoms with Gasteiger partial charge in [0.2, 0.25) is 5.91 Å². The molecule has 2 aliphatic rings. The van der Waals surface area contributed by atoms with Crippen LogP contribution in [0.15, 0.2) is 48.5 Å². The Bertz CT molecular complexity index is 929. The van der Waals surface area contributed by atoms with Gasteiger partial charge in [0.15, 0.2) is 0 Å². The monoisotopic (exact) mass is 469 g/mol. The summed E-state index contributed by atoms with van der Waals surface area (Å²) in [6, 6.07) is 16.0. The smallest absolute Gasteiger partial charge is 0.238 e. The Morgan fingerprint density at radius 2 is 1.79 bits per heavy atom. The summed E-state index contributed by atoms with van der Waals surface area (Å²) in [5.74, 6) is 0.103. The van der Waals surface area contributed by atoms with E-state index in [9.17, 15) is 9.90 Å². The highest BCUT2D eigenvalue weighted by Crippen LogP contribution is 2.49. The van der Waals surface area contributed by atoms with Crippen LogP contribution in [0.3, 0.4) is 0 Å². The van der Waals surface area contributed by atoms with Gasteiger partial charge in [-0.15, -0.1) is 0 Å². The highest BCUT2D eigenvalue weighted by Gasteiger charge is 2.49. The Morgan fingerprint density at radius 1 is 1.09 bits per heavy atom. The number of nitrogens with one attached hydrogen (secondary N) is 1. The fourth-order valence-electron chi connectivity index (χ4n) is 5.75. The first-order valence-electron chi connectivity index (χ1n) is 12.3. The Balaban J connectivity index is 1.57. The van der Waals surface area contributed by atoms with Gasteiger partial charge in [0, 0.05) is 48.0 Å². The van der Waals surface area contributed by atoms with E-state index < -0.39 is 5.60 Å². The number of aliphatic hydroxyl groups is 1. The lowest BCUT2D eigenvalue weighted by molar-refractivity contribution is -0.135. The van der Waals surface area contributed by atoms with Crippen LogP contribution in [0, 0.1) is 5.92 Å². The summed E-state index contributed by atoms with van der Waals surface area (Å²) < 4.78 is 0. The first-order chi connectivity index (χ1) is 15.9. The molecule has 1 aliphatic heterocycles. The molecule has 1 aliphatic carbocycles. The zero-order chi connectivity index (χ0) is 23.4. The van der Waals surface area contributed by atoms with Crippen LogP contribution < -0.4 is 10.2 Å². The lowest BCUT2D eigenvalue weighted by Crippen LogP contribution is -2.56. The number of anilines is 2. The number of halogens is 1. The average molecular weight is 470 g/mol. The molecular weight excluding hydrogens is 434 g/mol. The SMILES string of the molecule is CCN(CC)c1ccc([C@@H]2[C@H]3CCCC[C@]3(O)CCN2CC(=O)Nc2ccc(Cl)cc2)cc1. The van der Waals surface area contributed by atoms with Crippen molar-refractivity contribution >= 4 is 28.9 Å². The van der Waals surface area contributed by atoms with Crippen LogP contribution in [0.1, 0.15) is 57.6 Å². The number of amides is 1. The van der Waals surface area contributed by atoms with Crippen molar-refractivity contribution in [2.45, 2.75) is 57.6 Å². The van der Waals surface area contributed by atoms with Crippen LogP contribution in [0.5, 0.6) is 0 Å². The quantitative estimate of drug-likeness (QED) is 0.562. The molecule has 33 heavy (non-hydrogen) atoms. The maximum Gasteiger partial charge on any atom is 0.238 e. The van der Waals surface area contributed by atoms with E-state index in [-0.39, 0.29) is 17.9 Å². The number of hydrogen-bond donors (Lipinski definition) is 2. The molecule has 5 nitrogen and oxygen atoms in total. The Labute approximate surface area is 202 Å². The van der Waals surface area contributed by atoms with Crippen molar-refractivity contribution < 1.29 is 9.90 Å². The predicted octanol–water partition coefficient (Wildman–Crippen LogP) is 5.49. The Hall–Kier alpha value is -2.08. The number of rotatable bonds is 7. The van der Waals surface area contributed by atoms with E-state index >= 15 is 0 Å². The van der Waals surface area contributed by atoms with Gasteiger partial charge in [0.25, 0.3) is 0 Å². The maximum absolute atomic E-state index is 12.9. The van der Waals surface area contributed by atoms with Crippen molar-refractivity contribution in [1.29, 1.82) is 0 Å². The number of likely N-dealkylation sites (tertiary alicyclic amines) is 1. The summed E-state index contributed by atoms with van der Waals surface area (Å²) >= 11 is 5.97. The average Bonchev–Trinajstić information content (AvgIpc) is 2.82. The minimum absolute atomic E-state index is 0.0331. The molecule has 1 heterocycles. The van der Waals surface area contributed by atoms with Crippen LogP contribution in [0.4, 0.5) is 11.4 Å². The first-order valence-corrected chi connectivity index (χ1v) is 12.7. The van der Waals surface area contributed by atoms with Gasteiger partial charge in [0.1, 0.15) is 0 Å². The highest BCUT2D eigenvalue weighted by molar-refractivity contribution is 6.30. The van der Waals surface area contributed by atoms with Crippen molar-refractivity contribution in [3.05, 3.63) is 59.1 Å². The normalized spacial score (nSPS) is 25.3. The zero-order valence-electron chi connectivity index (χ0n) is 19.8. The van der Waals surface area contributed by atoms with Crippen molar-refractivity contribution in [2.75, 3.05) is 36.4 Å². The van der Waals surface area contributed by atoms with Crippen molar-refractivity contribution in [1.82, 2.24) is 4.90 Å². The second-order valence-electron chi connectivity index (χ2n) is 9.44. The molecule has 0 unspecified atom stereocenters. The molecule has 0 radical (unpaired) electrons. The molecule has 6 heteroatoms. The van der Waals surface area contributed by atoms with Gasteiger partial charge < -0.3 is 15.3 Å². The molecule has 0 bridgehead atoms. The molecule has 2 aromatic rings. The molecular formula is C27H36ClN3O2.